The lowest BCUT2D eigenvalue weighted by atomic mass is 9.98. The van der Waals surface area contributed by atoms with Crippen LogP contribution in [0.5, 0.6) is 5.75 Å². The number of nitrogens with two attached hydrogens (primary N) is 1. The van der Waals surface area contributed by atoms with E-state index in [0.29, 0.717) is 0 Å². The molecule has 0 bridgehead atoms. The molecule has 3 N–H and O–H groups in total. The molecule has 0 radical (unpaired) electrons. The molecule has 3 heteroatoms. The standard InChI is InChI=1S/C15H18N2O/c1-11-5-3-6-12(9-11)15(17-16)13-7-4-8-14(10-13)18-2/h3-10,15,17H,16H2,1-2H3. The average Bonchev–Trinajstić information content (AvgIpc) is 2.40. The van der Waals surface area contributed by atoms with Gasteiger partial charge in [0.15, 0.2) is 0 Å². The number of hydrazine groups is 1. The largest absolute Gasteiger partial charge is 0.497 e. The SMILES string of the molecule is COc1cccc(C(NN)c2cccc(C)c2)c1. The normalized spacial score (nSPS) is 12.2. The Morgan fingerprint density at radius 2 is 1.72 bits per heavy atom. The number of hydrogen-bond donors (Lipinski definition) is 2. The van der Waals surface area contributed by atoms with Gasteiger partial charge in [-0.25, -0.2) is 5.43 Å². The lowest BCUT2D eigenvalue weighted by molar-refractivity contribution is 0.413. The zero-order valence-corrected chi connectivity index (χ0v) is 10.7. The first kappa shape index (κ1) is 12.6. The Balaban J connectivity index is 2.38. The Labute approximate surface area is 108 Å². The second-order valence-corrected chi connectivity index (χ2v) is 4.29. The van der Waals surface area contributed by atoms with E-state index < -0.39 is 0 Å². The molecule has 94 valence electrons. The Morgan fingerprint density at radius 1 is 1.06 bits per heavy atom. The van der Waals surface area contributed by atoms with Gasteiger partial charge >= 0.3 is 0 Å². The van der Waals surface area contributed by atoms with Gasteiger partial charge in [0, 0.05) is 0 Å². The van der Waals surface area contributed by atoms with Crippen LogP contribution >= 0.6 is 0 Å². The molecule has 0 amide bonds. The van der Waals surface area contributed by atoms with Crippen molar-refractivity contribution < 1.29 is 4.74 Å². The van der Waals surface area contributed by atoms with Crippen molar-refractivity contribution in [2.24, 2.45) is 5.84 Å². The summed E-state index contributed by atoms with van der Waals surface area (Å²) in [6, 6.07) is 16.2. The van der Waals surface area contributed by atoms with Gasteiger partial charge in [0.25, 0.3) is 0 Å². The maximum Gasteiger partial charge on any atom is 0.119 e. The number of aryl methyl sites for hydroxylation is 1. The van der Waals surface area contributed by atoms with Crippen molar-refractivity contribution in [2.45, 2.75) is 13.0 Å². The highest BCUT2D eigenvalue weighted by molar-refractivity contribution is 5.37. The number of benzene rings is 2. The smallest absolute Gasteiger partial charge is 0.119 e. The predicted octanol–water partition coefficient (Wildman–Crippen LogP) is 2.56. The number of rotatable bonds is 4. The van der Waals surface area contributed by atoms with Crippen LogP contribution in [0.1, 0.15) is 22.7 Å². The van der Waals surface area contributed by atoms with E-state index in [0.717, 1.165) is 16.9 Å². The Bertz CT molecular complexity index is 525. The van der Waals surface area contributed by atoms with Gasteiger partial charge in [-0.1, -0.05) is 42.0 Å². The van der Waals surface area contributed by atoms with E-state index in [1.807, 2.05) is 30.3 Å². The van der Waals surface area contributed by atoms with Crippen LogP contribution in [0.4, 0.5) is 0 Å². The summed E-state index contributed by atoms with van der Waals surface area (Å²) in [6.45, 7) is 2.07. The predicted molar refractivity (Wildman–Crippen MR) is 73.3 cm³/mol. The van der Waals surface area contributed by atoms with Crippen LogP contribution in [-0.4, -0.2) is 7.11 Å². The molecule has 2 aromatic rings. The van der Waals surface area contributed by atoms with E-state index in [9.17, 15) is 0 Å². The summed E-state index contributed by atoms with van der Waals surface area (Å²) < 4.78 is 5.24. The van der Waals surface area contributed by atoms with Gasteiger partial charge in [-0.15, -0.1) is 0 Å². The molecule has 0 aliphatic rings. The fraction of sp³-hybridized carbons (Fsp3) is 0.200. The second-order valence-electron chi connectivity index (χ2n) is 4.29. The van der Waals surface area contributed by atoms with Gasteiger partial charge in [0.2, 0.25) is 0 Å². The molecule has 0 saturated carbocycles. The monoisotopic (exact) mass is 242 g/mol. The third-order valence-electron chi connectivity index (χ3n) is 2.97. The first-order chi connectivity index (χ1) is 8.74. The maximum atomic E-state index is 5.69. The van der Waals surface area contributed by atoms with E-state index in [1.54, 1.807) is 7.11 Å². The van der Waals surface area contributed by atoms with Crippen LogP contribution in [0.15, 0.2) is 48.5 Å². The van der Waals surface area contributed by atoms with Gasteiger partial charge in [-0.2, -0.15) is 0 Å². The van der Waals surface area contributed by atoms with Gasteiger partial charge in [-0.3, -0.25) is 5.84 Å². The zero-order chi connectivity index (χ0) is 13.0. The molecule has 0 aromatic heterocycles. The lowest BCUT2D eigenvalue weighted by Crippen LogP contribution is -2.28. The first-order valence-electron chi connectivity index (χ1n) is 5.91. The summed E-state index contributed by atoms with van der Waals surface area (Å²) in [5.41, 5.74) is 6.31. The molecule has 0 heterocycles. The number of ether oxygens (including phenoxy) is 1. The molecule has 0 fully saturated rings. The van der Waals surface area contributed by atoms with E-state index in [2.05, 4.69) is 30.5 Å². The topological polar surface area (TPSA) is 47.3 Å². The van der Waals surface area contributed by atoms with E-state index in [4.69, 9.17) is 10.6 Å². The fourth-order valence-electron chi connectivity index (χ4n) is 2.06. The Morgan fingerprint density at radius 3 is 2.33 bits per heavy atom. The molecule has 0 aliphatic carbocycles. The number of methoxy groups -OCH3 is 1. The number of nitrogens with one attached hydrogen (secondary N) is 1. The zero-order valence-electron chi connectivity index (χ0n) is 10.7. The number of hydrogen-bond acceptors (Lipinski definition) is 3. The second kappa shape index (κ2) is 5.67. The molecule has 0 spiro atoms. The summed E-state index contributed by atoms with van der Waals surface area (Å²) in [5, 5.41) is 0. The van der Waals surface area contributed by atoms with Crippen molar-refractivity contribution in [2.75, 3.05) is 7.11 Å². The molecule has 1 unspecified atom stereocenters. The highest BCUT2D eigenvalue weighted by Gasteiger charge is 2.12. The quantitative estimate of drug-likeness (QED) is 0.640. The average molecular weight is 242 g/mol. The fourth-order valence-corrected chi connectivity index (χ4v) is 2.06. The highest BCUT2D eigenvalue weighted by Crippen LogP contribution is 2.24. The van der Waals surface area contributed by atoms with Crippen molar-refractivity contribution in [3.05, 3.63) is 65.2 Å². The van der Waals surface area contributed by atoms with Gasteiger partial charge < -0.3 is 4.74 Å². The Kier molecular flexibility index (Phi) is 3.97. The molecule has 2 rings (SSSR count). The summed E-state index contributed by atoms with van der Waals surface area (Å²) in [4.78, 5) is 0. The van der Waals surface area contributed by atoms with Crippen molar-refractivity contribution in [1.82, 2.24) is 5.43 Å². The van der Waals surface area contributed by atoms with Crippen molar-refractivity contribution in [3.63, 3.8) is 0 Å². The lowest BCUT2D eigenvalue weighted by Gasteiger charge is -2.18. The third kappa shape index (κ3) is 2.70. The molecule has 3 nitrogen and oxygen atoms in total. The van der Waals surface area contributed by atoms with Gasteiger partial charge in [0.05, 0.1) is 13.2 Å². The molecule has 0 saturated heterocycles. The van der Waals surface area contributed by atoms with Crippen LogP contribution in [-0.2, 0) is 0 Å². The van der Waals surface area contributed by atoms with E-state index >= 15 is 0 Å². The summed E-state index contributed by atoms with van der Waals surface area (Å²) in [7, 11) is 1.66. The minimum absolute atomic E-state index is 0.0278. The molecule has 0 aliphatic heterocycles. The van der Waals surface area contributed by atoms with Crippen LogP contribution < -0.4 is 16.0 Å². The van der Waals surface area contributed by atoms with Crippen molar-refractivity contribution in [3.8, 4) is 5.75 Å². The molecule has 2 aromatic carbocycles. The first-order valence-corrected chi connectivity index (χ1v) is 5.91. The molecular weight excluding hydrogens is 224 g/mol. The van der Waals surface area contributed by atoms with Crippen LogP contribution in [0.25, 0.3) is 0 Å². The molecule has 18 heavy (non-hydrogen) atoms. The van der Waals surface area contributed by atoms with Gasteiger partial charge in [0.1, 0.15) is 5.75 Å². The summed E-state index contributed by atoms with van der Waals surface area (Å²) in [5.74, 6) is 6.52. The van der Waals surface area contributed by atoms with Crippen LogP contribution in [0.3, 0.4) is 0 Å². The molecular formula is C15H18N2O. The highest BCUT2D eigenvalue weighted by atomic mass is 16.5. The maximum absolute atomic E-state index is 5.69. The van der Waals surface area contributed by atoms with Gasteiger partial charge in [-0.05, 0) is 30.2 Å². The Hall–Kier alpha value is -1.84. The summed E-state index contributed by atoms with van der Waals surface area (Å²) >= 11 is 0. The van der Waals surface area contributed by atoms with E-state index in [-0.39, 0.29) is 6.04 Å². The van der Waals surface area contributed by atoms with Crippen molar-refractivity contribution >= 4 is 0 Å². The van der Waals surface area contributed by atoms with Crippen LogP contribution in [0, 0.1) is 6.92 Å². The third-order valence-corrected chi connectivity index (χ3v) is 2.97. The van der Waals surface area contributed by atoms with E-state index in [1.165, 1.54) is 5.56 Å². The minimum Gasteiger partial charge on any atom is -0.497 e. The van der Waals surface area contributed by atoms with Crippen LogP contribution in [0.2, 0.25) is 0 Å². The molecule has 1 atom stereocenters. The summed E-state index contributed by atoms with van der Waals surface area (Å²) in [6.07, 6.45) is 0. The minimum atomic E-state index is -0.0278. The van der Waals surface area contributed by atoms with Crippen molar-refractivity contribution in [1.29, 1.82) is 0 Å².